The molecule has 0 unspecified atom stereocenters. The minimum atomic E-state index is -0.540. The number of hydrogen-bond acceptors (Lipinski definition) is 3. The highest BCUT2D eigenvalue weighted by molar-refractivity contribution is 7.99. The Morgan fingerprint density at radius 1 is 1.10 bits per heavy atom. The summed E-state index contributed by atoms with van der Waals surface area (Å²) in [6.45, 7) is 8.25. The average molecular weight is 447 g/mol. The van der Waals surface area contributed by atoms with Crippen molar-refractivity contribution in [3.05, 3.63) is 70.2 Å². The molecule has 30 heavy (non-hydrogen) atoms. The highest BCUT2D eigenvalue weighted by Gasteiger charge is 2.27. The molecule has 0 aliphatic rings. The van der Waals surface area contributed by atoms with Crippen LogP contribution in [0.5, 0.6) is 0 Å². The molecule has 162 valence electrons. The van der Waals surface area contributed by atoms with Crippen LogP contribution in [0.4, 0.5) is 0 Å². The summed E-state index contributed by atoms with van der Waals surface area (Å²) in [7, 11) is 0. The van der Waals surface area contributed by atoms with Crippen molar-refractivity contribution >= 4 is 35.2 Å². The van der Waals surface area contributed by atoms with E-state index in [1.165, 1.54) is 0 Å². The van der Waals surface area contributed by atoms with Gasteiger partial charge in [0.2, 0.25) is 11.8 Å². The van der Waals surface area contributed by atoms with Crippen molar-refractivity contribution < 1.29 is 9.59 Å². The van der Waals surface area contributed by atoms with Crippen LogP contribution in [-0.2, 0) is 21.9 Å². The minimum absolute atomic E-state index is 0.0379. The monoisotopic (exact) mass is 446 g/mol. The third-order valence-corrected chi connectivity index (χ3v) is 6.42. The Hall–Kier alpha value is -1.98. The molecule has 0 aromatic heterocycles. The number of aryl methyl sites for hydroxylation is 1. The molecule has 0 spiro atoms. The number of carbonyl (C=O) groups is 2. The van der Waals surface area contributed by atoms with Crippen LogP contribution in [-0.4, -0.2) is 34.6 Å². The lowest BCUT2D eigenvalue weighted by atomic mass is 10.1. The van der Waals surface area contributed by atoms with Crippen molar-refractivity contribution in [3.63, 3.8) is 0 Å². The van der Waals surface area contributed by atoms with Gasteiger partial charge in [-0.25, -0.2) is 0 Å². The summed E-state index contributed by atoms with van der Waals surface area (Å²) < 4.78 is 0. The number of benzene rings is 2. The summed E-state index contributed by atoms with van der Waals surface area (Å²) in [4.78, 5) is 27.5. The Kier molecular flexibility index (Phi) is 9.73. The number of rotatable bonds is 10. The molecule has 0 heterocycles. The quantitative estimate of drug-likeness (QED) is 0.544. The van der Waals surface area contributed by atoms with Crippen LogP contribution in [0.1, 0.15) is 43.9 Å². The molecule has 0 saturated heterocycles. The number of hydrogen-bond donors (Lipinski definition) is 1. The molecule has 0 aliphatic heterocycles. The summed E-state index contributed by atoms with van der Waals surface area (Å²) in [6, 6.07) is 15.1. The van der Waals surface area contributed by atoms with E-state index in [0.717, 1.165) is 23.1 Å². The van der Waals surface area contributed by atoms with Crippen molar-refractivity contribution in [2.45, 2.75) is 58.5 Å². The molecule has 0 saturated carbocycles. The Balaban J connectivity index is 2.08. The normalized spacial score (nSPS) is 12.8. The van der Waals surface area contributed by atoms with Gasteiger partial charge in [-0.05, 0) is 56.0 Å². The second-order valence-electron chi connectivity index (χ2n) is 7.56. The Morgan fingerprint density at radius 3 is 2.40 bits per heavy atom. The lowest BCUT2D eigenvalue weighted by Crippen LogP contribution is -2.50. The third-order valence-electron chi connectivity index (χ3n) is 5.18. The van der Waals surface area contributed by atoms with Crippen LogP contribution in [0.15, 0.2) is 48.5 Å². The molecule has 2 aromatic rings. The van der Waals surface area contributed by atoms with E-state index in [-0.39, 0.29) is 17.9 Å². The van der Waals surface area contributed by atoms with Gasteiger partial charge in [0.05, 0.1) is 5.75 Å². The van der Waals surface area contributed by atoms with Crippen molar-refractivity contribution in [2.24, 2.45) is 0 Å². The third kappa shape index (κ3) is 7.37. The van der Waals surface area contributed by atoms with Crippen molar-refractivity contribution in [3.8, 4) is 0 Å². The first kappa shape index (κ1) is 24.3. The molecule has 0 radical (unpaired) electrons. The molecule has 2 rings (SSSR count). The molecule has 0 bridgehead atoms. The van der Waals surface area contributed by atoms with Crippen molar-refractivity contribution in [2.75, 3.05) is 5.75 Å². The molecule has 6 heteroatoms. The van der Waals surface area contributed by atoms with Gasteiger partial charge in [0.1, 0.15) is 6.04 Å². The second kappa shape index (κ2) is 12.0. The smallest absolute Gasteiger partial charge is 0.242 e. The van der Waals surface area contributed by atoms with Crippen LogP contribution < -0.4 is 5.32 Å². The maximum absolute atomic E-state index is 13.1. The fourth-order valence-electron chi connectivity index (χ4n) is 2.94. The Bertz CT molecular complexity index is 841. The summed E-state index contributed by atoms with van der Waals surface area (Å²) in [5.41, 5.74) is 3.28. The molecular weight excluding hydrogens is 416 g/mol. The first-order chi connectivity index (χ1) is 14.3. The van der Waals surface area contributed by atoms with Crippen molar-refractivity contribution in [1.82, 2.24) is 10.2 Å². The van der Waals surface area contributed by atoms with Gasteiger partial charge < -0.3 is 10.2 Å². The summed E-state index contributed by atoms with van der Waals surface area (Å²) in [6.07, 6.45) is 0.848. The molecule has 2 atom stereocenters. The Morgan fingerprint density at radius 2 is 1.77 bits per heavy atom. The van der Waals surface area contributed by atoms with Gasteiger partial charge in [0.25, 0.3) is 0 Å². The summed E-state index contributed by atoms with van der Waals surface area (Å²) in [5.74, 6) is 0.877. The van der Waals surface area contributed by atoms with E-state index in [1.807, 2.05) is 69.3 Å². The summed E-state index contributed by atoms with van der Waals surface area (Å²) >= 11 is 7.48. The predicted molar refractivity (Wildman–Crippen MR) is 127 cm³/mol. The highest BCUT2D eigenvalue weighted by atomic mass is 35.5. The maximum Gasteiger partial charge on any atom is 0.242 e. The lowest BCUT2D eigenvalue weighted by molar-refractivity contribution is -0.138. The van der Waals surface area contributed by atoms with Gasteiger partial charge in [-0.1, -0.05) is 54.9 Å². The highest BCUT2D eigenvalue weighted by Crippen LogP contribution is 2.19. The Labute approximate surface area is 189 Å². The fourth-order valence-corrected chi connectivity index (χ4v) is 3.94. The maximum atomic E-state index is 13.1. The average Bonchev–Trinajstić information content (AvgIpc) is 2.73. The number of carbonyl (C=O) groups excluding carboxylic acids is 2. The summed E-state index contributed by atoms with van der Waals surface area (Å²) in [5, 5.41) is 3.70. The predicted octanol–water partition coefficient (Wildman–Crippen LogP) is 5.21. The number of nitrogens with zero attached hydrogens (tertiary/aromatic N) is 1. The van der Waals surface area contributed by atoms with Gasteiger partial charge in [-0.2, -0.15) is 0 Å². The molecular formula is C24H31ClN2O2S. The first-order valence-electron chi connectivity index (χ1n) is 10.3. The van der Waals surface area contributed by atoms with Crippen LogP contribution in [0.2, 0.25) is 5.02 Å². The molecule has 0 aliphatic carbocycles. The number of halogens is 1. The van der Waals surface area contributed by atoms with E-state index >= 15 is 0 Å². The van der Waals surface area contributed by atoms with Crippen LogP contribution in [0.25, 0.3) is 0 Å². The van der Waals surface area contributed by atoms with Gasteiger partial charge in [0.15, 0.2) is 0 Å². The van der Waals surface area contributed by atoms with Gasteiger partial charge >= 0.3 is 0 Å². The zero-order valence-corrected chi connectivity index (χ0v) is 19.7. The minimum Gasteiger partial charge on any atom is -0.352 e. The van der Waals surface area contributed by atoms with Crippen LogP contribution in [0.3, 0.4) is 0 Å². The van der Waals surface area contributed by atoms with Gasteiger partial charge in [-0.3, -0.25) is 9.59 Å². The number of thioether (sulfide) groups is 1. The van der Waals surface area contributed by atoms with E-state index in [4.69, 9.17) is 11.6 Å². The standard InChI is InChI=1S/C24H31ClN2O2S/c1-5-18(3)26-24(29)19(4)27(14-21-9-7-6-8-17(21)2)23(28)16-30-15-20-10-12-22(25)13-11-20/h6-13,18-19H,5,14-16H2,1-4H3,(H,26,29)/t18-,19+/m0/s1. The van der Waals surface area contributed by atoms with Gasteiger partial charge in [-0.15, -0.1) is 11.8 Å². The van der Waals surface area contributed by atoms with Crippen LogP contribution in [0, 0.1) is 6.92 Å². The fraction of sp³-hybridized carbons (Fsp3) is 0.417. The molecule has 0 fully saturated rings. The zero-order valence-electron chi connectivity index (χ0n) is 18.2. The van der Waals surface area contributed by atoms with E-state index in [0.29, 0.717) is 23.1 Å². The number of amides is 2. The second-order valence-corrected chi connectivity index (χ2v) is 8.98. The number of nitrogens with one attached hydrogen (secondary N) is 1. The SMILES string of the molecule is CC[C@H](C)NC(=O)[C@@H](C)N(Cc1ccccc1C)C(=O)CSCc1ccc(Cl)cc1. The van der Waals surface area contributed by atoms with E-state index in [2.05, 4.69) is 5.32 Å². The topological polar surface area (TPSA) is 49.4 Å². The van der Waals surface area contributed by atoms with E-state index in [1.54, 1.807) is 23.6 Å². The molecule has 4 nitrogen and oxygen atoms in total. The van der Waals surface area contributed by atoms with Crippen LogP contribution >= 0.6 is 23.4 Å². The molecule has 2 amide bonds. The molecule has 1 N–H and O–H groups in total. The zero-order chi connectivity index (χ0) is 22.1. The largest absolute Gasteiger partial charge is 0.352 e. The lowest BCUT2D eigenvalue weighted by Gasteiger charge is -2.30. The van der Waals surface area contributed by atoms with E-state index in [9.17, 15) is 9.59 Å². The molecule has 2 aromatic carbocycles. The van der Waals surface area contributed by atoms with Crippen molar-refractivity contribution in [1.29, 1.82) is 0 Å². The van der Waals surface area contributed by atoms with Gasteiger partial charge in [0, 0.05) is 23.4 Å². The van der Waals surface area contributed by atoms with E-state index < -0.39 is 6.04 Å². The first-order valence-corrected chi connectivity index (χ1v) is 11.8.